The van der Waals surface area contributed by atoms with Gasteiger partial charge in [-0.3, -0.25) is 9.69 Å². The molecule has 23 heavy (non-hydrogen) atoms. The molecule has 0 saturated heterocycles. The number of nitrogens with one attached hydrogen (secondary N) is 1. The molecule has 0 bridgehead atoms. The highest BCUT2D eigenvalue weighted by molar-refractivity contribution is 9.10. The number of thioether (sulfide) groups is 1. The SMILES string of the molecule is CSc1ccc(CN(C)CC(=O)Nc2ccc(Br)cc2C)cc1. The molecule has 0 radical (unpaired) electrons. The summed E-state index contributed by atoms with van der Waals surface area (Å²) in [7, 11) is 1.95. The van der Waals surface area contributed by atoms with Crippen LogP contribution < -0.4 is 5.32 Å². The van der Waals surface area contributed by atoms with Crippen LogP contribution in [0.1, 0.15) is 11.1 Å². The van der Waals surface area contributed by atoms with Crippen molar-refractivity contribution < 1.29 is 4.79 Å². The monoisotopic (exact) mass is 392 g/mol. The first-order chi connectivity index (χ1) is 11.0. The van der Waals surface area contributed by atoms with Crippen molar-refractivity contribution in [2.75, 3.05) is 25.2 Å². The third kappa shape index (κ3) is 5.68. The summed E-state index contributed by atoms with van der Waals surface area (Å²) < 4.78 is 1.01. The predicted molar refractivity (Wildman–Crippen MR) is 102 cm³/mol. The number of anilines is 1. The smallest absolute Gasteiger partial charge is 0.238 e. The van der Waals surface area contributed by atoms with Gasteiger partial charge in [0.05, 0.1) is 6.54 Å². The molecular formula is C18H21BrN2OS. The maximum Gasteiger partial charge on any atom is 0.238 e. The minimum atomic E-state index is -0.00124. The Morgan fingerprint density at radius 3 is 2.52 bits per heavy atom. The second-order valence-corrected chi connectivity index (χ2v) is 7.32. The average molecular weight is 393 g/mol. The van der Waals surface area contributed by atoms with E-state index in [0.717, 1.165) is 22.3 Å². The number of amides is 1. The molecule has 1 N–H and O–H groups in total. The topological polar surface area (TPSA) is 32.3 Å². The number of benzene rings is 2. The van der Waals surface area contributed by atoms with Gasteiger partial charge in [-0.1, -0.05) is 28.1 Å². The van der Waals surface area contributed by atoms with Crippen LogP contribution >= 0.6 is 27.7 Å². The molecule has 0 atom stereocenters. The van der Waals surface area contributed by atoms with Gasteiger partial charge in [0.15, 0.2) is 0 Å². The lowest BCUT2D eigenvalue weighted by atomic mass is 10.2. The molecule has 0 aromatic heterocycles. The summed E-state index contributed by atoms with van der Waals surface area (Å²) in [5, 5.41) is 2.97. The zero-order valence-corrected chi connectivity index (χ0v) is 16.0. The van der Waals surface area contributed by atoms with Gasteiger partial charge in [-0.05, 0) is 61.7 Å². The molecule has 3 nitrogen and oxygen atoms in total. The molecule has 2 aromatic rings. The maximum absolute atomic E-state index is 12.2. The van der Waals surface area contributed by atoms with E-state index in [4.69, 9.17) is 0 Å². The van der Waals surface area contributed by atoms with Crippen molar-refractivity contribution >= 4 is 39.3 Å². The molecule has 1 amide bonds. The van der Waals surface area contributed by atoms with Crippen LogP contribution in [-0.4, -0.2) is 30.7 Å². The number of carbonyl (C=O) groups is 1. The van der Waals surface area contributed by atoms with Gasteiger partial charge >= 0.3 is 0 Å². The van der Waals surface area contributed by atoms with Gasteiger partial charge in [0, 0.05) is 21.6 Å². The Hall–Kier alpha value is -1.30. The lowest BCUT2D eigenvalue weighted by Crippen LogP contribution is -2.30. The number of halogens is 1. The van der Waals surface area contributed by atoms with E-state index in [9.17, 15) is 4.79 Å². The first kappa shape index (κ1) is 18.0. The lowest BCUT2D eigenvalue weighted by Gasteiger charge is -2.17. The van der Waals surface area contributed by atoms with E-state index >= 15 is 0 Å². The van der Waals surface area contributed by atoms with Gasteiger partial charge in [-0.2, -0.15) is 0 Å². The van der Waals surface area contributed by atoms with Gasteiger partial charge in [0.1, 0.15) is 0 Å². The Bertz CT molecular complexity index is 673. The van der Waals surface area contributed by atoms with Gasteiger partial charge in [-0.25, -0.2) is 0 Å². The summed E-state index contributed by atoms with van der Waals surface area (Å²) in [6, 6.07) is 14.3. The summed E-state index contributed by atoms with van der Waals surface area (Å²) in [4.78, 5) is 15.4. The van der Waals surface area contributed by atoms with Crippen molar-refractivity contribution in [3.63, 3.8) is 0 Å². The van der Waals surface area contributed by atoms with Gasteiger partial charge in [0.25, 0.3) is 0 Å². The minimum absolute atomic E-state index is 0.00124. The van der Waals surface area contributed by atoms with Crippen LogP contribution in [0.2, 0.25) is 0 Å². The zero-order chi connectivity index (χ0) is 16.8. The Morgan fingerprint density at radius 2 is 1.91 bits per heavy atom. The van der Waals surface area contributed by atoms with Crippen LogP contribution in [-0.2, 0) is 11.3 Å². The molecule has 0 aliphatic heterocycles. The minimum Gasteiger partial charge on any atom is -0.325 e. The maximum atomic E-state index is 12.2. The molecule has 2 rings (SSSR count). The van der Waals surface area contributed by atoms with E-state index in [0.29, 0.717) is 6.54 Å². The Morgan fingerprint density at radius 1 is 1.22 bits per heavy atom. The number of carbonyl (C=O) groups excluding carboxylic acids is 1. The number of aryl methyl sites for hydroxylation is 1. The molecular weight excluding hydrogens is 372 g/mol. The molecule has 2 aromatic carbocycles. The molecule has 0 aliphatic carbocycles. The van der Waals surface area contributed by atoms with Crippen molar-refractivity contribution in [3.05, 3.63) is 58.1 Å². The molecule has 0 saturated carbocycles. The van der Waals surface area contributed by atoms with Crippen molar-refractivity contribution in [2.45, 2.75) is 18.4 Å². The van der Waals surface area contributed by atoms with Gasteiger partial charge in [0.2, 0.25) is 5.91 Å². The van der Waals surface area contributed by atoms with Crippen LogP contribution in [0.25, 0.3) is 0 Å². The molecule has 5 heteroatoms. The number of rotatable bonds is 6. The van der Waals surface area contributed by atoms with Gasteiger partial charge < -0.3 is 5.32 Å². The van der Waals surface area contributed by atoms with Crippen LogP contribution in [0.5, 0.6) is 0 Å². The zero-order valence-electron chi connectivity index (χ0n) is 13.6. The molecule has 122 valence electrons. The van der Waals surface area contributed by atoms with E-state index in [1.54, 1.807) is 11.8 Å². The molecule has 0 fully saturated rings. The Kier molecular flexibility index (Phi) is 6.69. The number of hydrogen-bond donors (Lipinski definition) is 1. The molecule has 0 aliphatic rings. The first-order valence-corrected chi connectivity index (χ1v) is 9.37. The van der Waals surface area contributed by atoms with Crippen molar-refractivity contribution in [3.8, 4) is 0 Å². The number of hydrogen-bond acceptors (Lipinski definition) is 3. The average Bonchev–Trinajstić information content (AvgIpc) is 2.50. The summed E-state index contributed by atoms with van der Waals surface area (Å²) in [6.07, 6.45) is 2.07. The van der Waals surface area contributed by atoms with Crippen LogP contribution in [0.3, 0.4) is 0 Å². The third-order valence-electron chi connectivity index (χ3n) is 3.49. The summed E-state index contributed by atoms with van der Waals surface area (Å²) >= 11 is 5.16. The molecule has 0 spiro atoms. The highest BCUT2D eigenvalue weighted by atomic mass is 79.9. The number of nitrogens with zero attached hydrogens (tertiary/aromatic N) is 1. The molecule has 0 unspecified atom stereocenters. The second-order valence-electron chi connectivity index (χ2n) is 5.53. The largest absolute Gasteiger partial charge is 0.325 e. The van der Waals surface area contributed by atoms with Crippen molar-refractivity contribution in [2.24, 2.45) is 0 Å². The van der Waals surface area contributed by atoms with E-state index in [-0.39, 0.29) is 5.91 Å². The van der Waals surface area contributed by atoms with E-state index < -0.39 is 0 Å². The summed E-state index contributed by atoms with van der Waals surface area (Å²) in [6.45, 7) is 3.10. The van der Waals surface area contributed by atoms with E-state index in [1.165, 1.54) is 10.5 Å². The summed E-state index contributed by atoms with van der Waals surface area (Å²) in [5.41, 5.74) is 3.11. The van der Waals surface area contributed by atoms with E-state index in [1.807, 2.05) is 37.1 Å². The predicted octanol–water partition coefficient (Wildman–Crippen LogP) is 4.55. The normalized spacial score (nSPS) is 10.8. The standard InChI is InChI=1S/C18H21BrN2OS/c1-13-10-15(19)6-9-17(13)20-18(22)12-21(2)11-14-4-7-16(23-3)8-5-14/h4-10H,11-12H2,1-3H3,(H,20,22). The van der Waals surface area contributed by atoms with Crippen molar-refractivity contribution in [1.82, 2.24) is 4.90 Å². The van der Waals surface area contributed by atoms with Gasteiger partial charge in [-0.15, -0.1) is 11.8 Å². The Balaban J connectivity index is 1.88. The fourth-order valence-corrected chi connectivity index (χ4v) is 3.18. The van der Waals surface area contributed by atoms with Crippen molar-refractivity contribution in [1.29, 1.82) is 0 Å². The number of likely N-dealkylation sites (N-methyl/N-ethyl adjacent to an activating group) is 1. The third-order valence-corrected chi connectivity index (χ3v) is 4.72. The lowest BCUT2D eigenvalue weighted by molar-refractivity contribution is -0.117. The second kappa shape index (κ2) is 8.52. The fourth-order valence-electron chi connectivity index (χ4n) is 2.30. The summed E-state index contributed by atoms with van der Waals surface area (Å²) in [5.74, 6) is -0.00124. The fraction of sp³-hybridized carbons (Fsp3) is 0.278. The van der Waals surface area contributed by atoms with Crippen LogP contribution in [0.15, 0.2) is 51.8 Å². The molecule has 0 heterocycles. The van der Waals surface area contributed by atoms with Crippen LogP contribution in [0.4, 0.5) is 5.69 Å². The first-order valence-electron chi connectivity index (χ1n) is 7.35. The van der Waals surface area contributed by atoms with E-state index in [2.05, 4.69) is 51.8 Å². The Labute approximate surface area is 150 Å². The highest BCUT2D eigenvalue weighted by Crippen LogP contribution is 2.20. The quantitative estimate of drug-likeness (QED) is 0.731. The highest BCUT2D eigenvalue weighted by Gasteiger charge is 2.09. The van der Waals surface area contributed by atoms with Crippen LogP contribution in [0, 0.1) is 6.92 Å².